The van der Waals surface area contributed by atoms with E-state index in [2.05, 4.69) is 5.32 Å². The maximum Gasteiger partial charge on any atom is 0.340 e. The van der Waals surface area contributed by atoms with Crippen molar-refractivity contribution in [2.45, 2.75) is 34.1 Å². The molecule has 2 heterocycles. The summed E-state index contributed by atoms with van der Waals surface area (Å²) in [6.45, 7) is 7.19. The summed E-state index contributed by atoms with van der Waals surface area (Å²) >= 11 is 0. The molecule has 0 spiro atoms. The van der Waals surface area contributed by atoms with Gasteiger partial charge < -0.3 is 14.2 Å². The van der Waals surface area contributed by atoms with Gasteiger partial charge in [-0.2, -0.15) is 0 Å². The topological polar surface area (TPSA) is 89.5 Å². The largest absolute Gasteiger partial charge is 0.463 e. The van der Waals surface area contributed by atoms with Crippen molar-refractivity contribution < 1.29 is 18.4 Å². The first kappa shape index (κ1) is 19.6. The van der Waals surface area contributed by atoms with Gasteiger partial charge in [0, 0.05) is 16.6 Å². The van der Waals surface area contributed by atoms with Crippen molar-refractivity contribution in [2.24, 2.45) is 0 Å². The molecule has 0 bridgehead atoms. The van der Waals surface area contributed by atoms with Crippen molar-refractivity contribution in [1.29, 1.82) is 0 Å². The Morgan fingerprint density at radius 1 is 1.00 bits per heavy atom. The van der Waals surface area contributed by atoms with E-state index < -0.39 is 5.63 Å². The van der Waals surface area contributed by atoms with E-state index in [1.54, 1.807) is 37.5 Å². The highest BCUT2D eigenvalue weighted by Crippen LogP contribution is 2.34. The molecule has 0 saturated carbocycles. The number of carbonyl (C=O) groups excluding carboxylic acids is 2. The van der Waals surface area contributed by atoms with E-state index in [1.165, 1.54) is 6.92 Å². The van der Waals surface area contributed by atoms with Gasteiger partial charge in [-0.25, -0.2) is 4.79 Å². The summed E-state index contributed by atoms with van der Waals surface area (Å²) in [5, 5.41) is 4.45. The maximum absolute atomic E-state index is 12.6. The van der Waals surface area contributed by atoms with Crippen LogP contribution < -0.4 is 10.9 Å². The molecule has 6 nitrogen and oxygen atoms in total. The Kier molecular flexibility index (Phi) is 4.78. The van der Waals surface area contributed by atoms with Crippen LogP contribution in [0.4, 0.5) is 5.69 Å². The highest BCUT2D eigenvalue weighted by Gasteiger charge is 2.20. The number of rotatable bonds is 4. The van der Waals surface area contributed by atoms with E-state index in [0.29, 0.717) is 38.9 Å². The predicted molar refractivity (Wildman–Crippen MR) is 115 cm³/mol. The predicted octanol–water partition coefficient (Wildman–Crippen LogP) is 4.85. The minimum Gasteiger partial charge on any atom is -0.463 e. The van der Waals surface area contributed by atoms with E-state index in [9.17, 15) is 14.4 Å². The number of fused-ring (bicyclic) bond motifs is 3. The zero-order chi connectivity index (χ0) is 21.6. The molecule has 4 rings (SSSR count). The Morgan fingerprint density at radius 2 is 1.70 bits per heavy atom. The first-order chi connectivity index (χ1) is 14.3. The molecule has 0 aliphatic carbocycles. The van der Waals surface area contributed by atoms with Crippen LogP contribution in [0, 0.1) is 20.8 Å². The number of aryl methyl sites for hydroxylation is 3. The summed E-state index contributed by atoms with van der Waals surface area (Å²) in [5.41, 5.74) is 4.60. The first-order valence-electron chi connectivity index (χ1n) is 9.60. The first-order valence-corrected chi connectivity index (χ1v) is 9.60. The minimum atomic E-state index is -0.538. The Balaban J connectivity index is 1.71. The van der Waals surface area contributed by atoms with Crippen LogP contribution >= 0.6 is 0 Å². The molecule has 0 saturated heterocycles. The number of furan rings is 1. The Morgan fingerprint density at radius 3 is 2.37 bits per heavy atom. The average Bonchev–Trinajstić information content (AvgIpc) is 3.07. The summed E-state index contributed by atoms with van der Waals surface area (Å²) in [7, 11) is 0. The van der Waals surface area contributed by atoms with Gasteiger partial charge in [0.1, 0.15) is 11.2 Å². The van der Waals surface area contributed by atoms with Gasteiger partial charge in [0.25, 0.3) is 0 Å². The number of benzene rings is 2. The summed E-state index contributed by atoms with van der Waals surface area (Å²) in [5.74, 6) is -0.397. The third kappa shape index (κ3) is 3.30. The third-order valence-electron chi connectivity index (χ3n) is 5.38. The quantitative estimate of drug-likeness (QED) is 0.389. The van der Waals surface area contributed by atoms with E-state index in [-0.39, 0.29) is 18.1 Å². The highest BCUT2D eigenvalue weighted by atomic mass is 16.4. The van der Waals surface area contributed by atoms with Crippen molar-refractivity contribution in [3.63, 3.8) is 0 Å². The summed E-state index contributed by atoms with van der Waals surface area (Å²) in [4.78, 5) is 36.6. The normalized spacial score (nSPS) is 11.2. The van der Waals surface area contributed by atoms with E-state index in [0.717, 1.165) is 16.5 Å². The minimum absolute atomic E-state index is 0.0491. The lowest BCUT2D eigenvalue weighted by Crippen LogP contribution is -2.20. The van der Waals surface area contributed by atoms with Gasteiger partial charge in [-0.05, 0) is 74.7 Å². The lowest BCUT2D eigenvalue weighted by molar-refractivity contribution is -0.115. The van der Waals surface area contributed by atoms with Gasteiger partial charge >= 0.3 is 5.63 Å². The zero-order valence-corrected chi connectivity index (χ0v) is 17.2. The SMILES string of the molecule is CC(=O)c1ccc(NC(=O)Cc2c(C)c3c(cc(C)c4c(C)coc43)oc2=O)cc1. The molecule has 152 valence electrons. The fraction of sp³-hybridized carbons (Fsp3) is 0.208. The fourth-order valence-electron chi connectivity index (χ4n) is 3.83. The second-order valence-electron chi connectivity index (χ2n) is 7.54. The molecular weight excluding hydrogens is 382 g/mol. The van der Waals surface area contributed by atoms with E-state index >= 15 is 0 Å². The monoisotopic (exact) mass is 403 g/mol. The molecule has 2 aromatic carbocycles. The Labute approximate surface area is 172 Å². The van der Waals surface area contributed by atoms with Crippen LogP contribution in [0.5, 0.6) is 0 Å². The van der Waals surface area contributed by atoms with Crippen LogP contribution in [-0.4, -0.2) is 11.7 Å². The van der Waals surface area contributed by atoms with Gasteiger partial charge in [-0.1, -0.05) is 0 Å². The summed E-state index contributed by atoms with van der Waals surface area (Å²) in [6.07, 6.45) is 1.55. The molecule has 4 aromatic rings. The molecule has 0 unspecified atom stereocenters. The summed E-state index contributed by atoms with van der Waals surface area (Å²) < 4.78 is 11.3. The molecule has 0 atom stereocenters. The Hall–Kier alpha value is -3.67. The van der Waals surface area contributed by atoms with Gasteiger partial charge in [-0.3, -0.25) is 9.59 Å². The van der Waals surface area contributed by atoms with E-state index in [1.807, 2.05) is 19.9 Å². The molecule has 0 radical (unpaired) electrons. The van der Waals surface area contributed by atoms with Gasteiger partial charge in [0.05, 0.1) is 23.6 Å². The van der Waals surface area contributed by atoms with Crippen LogP contribution in [0.1, 0.15) is 39.5 Å². The number of ketones is 1. The molecule has 30 heavy (non-hydrogen) atoms. The number of amides is 1. The van der Waals surface area contributed by atoms with Crippen LogP contribution in [0.2, 0.25) is 0 Å². The maximum atomic E-state index is 12.6. The molecular formula is C24H21NO5. The molecule has 2 aromatic heterocycles. The second-order valence-corrected chi connectivity index (χ2v) is 7.54. The number of carbonyl (C=O) groups is 2. The number of nitrogens with one attached hydrogen (secondary N) is 1. The third-order valence-corrected chi connectivity index (χ3v) is 5.38. The smallest absolute Gasteiger partial charge is 0.340 e. The van der Waals surface area contributed by atoms with Crippen molar-refractivity contribution in [1.82, 2.24) is 0 Å². The molecule has 0 fully saturated rings. The van der Waals surface area contributed by atoms with Crippen molar-refractivity contribution >= 4 is 39.3 Å². The number of hydrogen-bond acceptors (Lipinski definition) is 5. The zero-order valence-electron chi connectivity index (χ0n) is 17.2. The standard InChI is InChI=1S/C24H21NO5/c1-12-9-19-22(23-21(12)13(2)11-29-23)14(3)18(24(28)30-19)10-20(27)25-17-7-5-16(6-8-17)15(4)26/h5-9,11H,10H2,1-4H3,(H,25,27). The highest BCUT2D eigenvalue weighted by molar-refractivity contribution is 6.07. The number of anilines is 1. The van der Waals surface area contributed by atoms with Crippen molar-refractivity contribution in [3.05, 3.63) is 74.8 Å². The molecule has 1 amide bonds. The van der Waals surface area contributed by atoms with Crippen LogP contribution in [0.3, 0.4) is 0 Å². The number of hydrogen-bond donors (Lipinski definition) is 1. The van der Waals surface area contributed by atoms with Crippen LogP contribution in [0.25, 0.3) is 21.9 Å². The number of Topliss-reactive ketones (excluding diaryl/α,β-unsaturated/α-hetero) is 1. The molecule has 0 aliphatic heterocycles. The van der Waals surface area contributed by atoms with Crippen LogP contribution in [-0.2, 0) is 11.2 Å². The second kappa shape index (κ2) is 7.30. The van der Waals surface area contributed by atoms with E-state index in [4.69, 9.17) is 8.83 Å². The fourth-order valence-corrected chi connectivity index (χ4v) is 3.83. The molecule has 0 aliphatic rings. The Bertz CT molecular complexity index is 1370. The van der Waals surface area contributed by atoms with Crippen molar-refractivity contribution in [2.75, 3.05) is 5.32 Å². The lowest BCUT2D eigenvalue weighted by atomic mass is 9.98. The average molecular weight is 403 g/mol. The van der Waals surface area contributed by atoms with Gasteiger partial charge in [0.15, 0.2) is 5.78 Å². The van der Waals surface area contributed by atoms with Gasteiger partial charge in [-0.15, -0.1) is 0 Å². The molecule has 1 N–H and O–H groups in total. The van der Waals surface area contributed by atoms with Crippen LogP contribution in [0.15, 0.2) is 50.2 Å². The summed E-state index contributed by atoms with van der Waals surface area (Å²) in [6, 6.07) is 8.43. The van der Waals surface area contributed by atoms with Crippen molar-refractivity contribution in [3.8, 4) is 0 Å². The lowest BCUT2D eigenvalue weighted by Gasteiger charge is -2.10. The molecule has 6 heteroatoms. The van der Waals surface area contributed by atoms with Gasteiger partial charge in [0.2, 0.25) is 5.91 Å².